The molecule has 1 aromatic heterocycles. The van der Waals surface area contributed by atoms with Gasteiger partial charge in [0.15, 0.2) is 0 Å². The maximum absolute atomic E-state index is 5.85. The van der Waals surface area contributed by atoms with Gasteiger partial charge in [0.25, 0.3) is 0 Å². The maximum Gasteiger partial charge on any atom is 0.0900 e. The molecular formula is C9H12N2S. The highest BCUT2D eigenvalue weighted by atomic mass is 32.1. The molecule has 0 spiro atoms. The van der Waals surface area contributed by atoms with Gasteiger partial charge in [0.05, 0.1) is 16.7 Å². The van der Waals surface area contributed by atoms with Gasteiger partial charge in [0, 0.05) is 11.3 Å². The molecule has 0 bridgehead atoms. The number of rotatable bonds is 2. The minimum atomic E-state index is -0.0406. The molecule has 0 fully saturated rings. The molecule has 0 saturated carbocycles. The third-order valence-corrected chi connectivity index (χ3v) is 2.82. The Hall–Kier alpha value is -0.850. The molecule has 12 heavy (non-hydrogen) atoms. The van der Waals surface area contributed by atoms with E-state index in [1.54, 1.807) is 11.3 Å². The van der Waals surface area contributed by atoms with Crippen molar-refractivity contribution >= 4 is 11.3 Å². The van der Waals surface area contributed by atoms with Gasteiger partial charge in [-0.05, 0) is 13.8 Å². The molecule has 1 unspecified atom stereocenters. The molecule has 64 valence electrons. The molecule has 1 rings (SSSR count). The maximum atomic E-state index is 5.85. The van der Waals surface area contributed by atoms with Crippen LogP contribution < -0.4 is 5.73 Å². The van der Waals surface area contributed by atoms with Gasteiger partial charge in [-0.2, -0.15) is 0 Å². The summed E-state index contributed by atoms with van der Waals surface area (Å²) in [6.07, 6.45) is 5.76. The largest absolute Gasteiger partial charge is 0.322 e. The number of terminal acetylenes is 1. The number of thiazole rings is 1. The topological polar surface area (TPSA) is 38.9 Å². The van der Waals surface area contributed by atoms with Crippen LogP contribution in [0.5, 0.6) is 0 Å². The first-order chi connectivity index (χ1) is 5.65. The van der Waals surface area contributed by atoms with Crippen LogP contribution in [0.4, 0.5) is 0 Å². The van der Waals surface area contributed by atoms with Crippen LogP contribution in [0.2, 0.25) is 0 Å². The van der Waals surface area contributed by atoms with Crippen LogP contribution in [0.15, 0.2) is 0 Å². The Labute approximate surface area is 76.8 Å². The molecule has 3 heteroatoms. The van der Waals surface area contributed by atoms with Crippen LogP contribution in [0.3, 0.4) is 0 Å². The number of nitrogens with two attached hydrogens (primary N) is 1. The average Bonchev–Trinajstić information content (AvgIpc) is 2.30. The SMILES string of the molecule is C#CCC(N)c1sc(C)nc1C. The first-order valence-electron chi connectivity index (χ1n) is 3.78. The number of aromatic nitrogens is 1. The van der Waals surface area contributed by atoms with Crippen molar-refractivity contribution in [2.24, 2.45) is 5.73 Å². The Kier molecular flexibility index (Phi) is 2.85. The van der Waals surface area contributed by atoms with Crippen LogP contribution >= 0.6 is 11.3 Å². The van der Waals surface area contributed by atoms with Gasteiger partial charge in [-0.25, -0.2) is 4.98 Å². The monoisotopic (exact) mass is 180 g/mol. The molecule has 0 saturated heterocycles. The van der Waals surface area contributed by atoms with Gasteiger partial charge in [-0.3, -0.25) is 0 Å². The Morgan fingerprint density at radius 2 is 2.33 bits per heavy atom. The van der Waals surface area contributed by atoms with Crippen molar-refractivity contribution in [2.45, 2.75) is 26.3 Å². The predicted octanol–water partition coefficient (Wildman–Crippen LogP) is 1.78. The summed E-state index contributed by atoms with van der Waals surface area (Å²) >= 11 is 1.63. The van der Waals surface area contributed by atoms with Gasteiger partial charge in [0.1, 0.15) is 0 Å². The molecular weight excluding hydrogens is 168 g/mol. The van der Waals surface area contributed by atoms with E-state index in [1.807, 2.05) is 13.8 Å². The molecule has 0 aromatic carbocycles. The lowest BCUT2D eigenvalue weighted by Gasteiger charge is -2.04. The fraction of sp³-hybridized carbons (Fsp3) is 0.444. The zero-order valence-electron chi connectivity index (χ0n) is 7.29. The van der Waals surface area contributed by atoms with Gasteiger partial charge in [0.2, 0.25) is 0 Å². The summed E-state index contributed by atoms with van der Waals surface area (Å²) in [5, 5.41) is 1.05. The second kappa shape index (κ2) is 3.70. The molecule has 0 aliphatic carbocycles. The first-order valence-corrected chi connectivity index (χ1v) is 4.59. The molecule has 0 amide bonds. The second-order valence-electron chi connectivity index (χ2n) is 2.70. The Morgan fingerprint density at radius 3 is 2.75 bits per heavy atom. The highest BCUT2D eigenvalue weighted by Gasteiger charge is 2.11. The van der Waals surface area contributed by atoms with Gasteiger partial charge < -0.3 is 5.73 Å². The summed E-state index contributed by atoms with van der Waals surface area (Å²) in [6, 6.07) is -0.0406. The number of aryl methyl sites for hydroxylation is 2. The van der Waals surface area contributed by atoms with Crippen molar-refractivity contribution in [1.82, 2.24) is 4.98 Å². The molecule has 1 heterocycles. The quantitative estimate of drug-likeness (QED) is 0.705. The molecule has 0 aliphatic rings. The standard InChI is InChI=1S/C9H12N2S/c1-4-5-8(10)9-6(2)11-7(3)12-9/h1,8H,5,10H2,2-3H3. The molecule has 0 aliphatic heterocycles. The average molecular weight is 180 g/mol. The highest BCUT2D eigenvalue weighted by Crippen LogP contribution is 2.24. The van der Waals surface area contributed by atoms with Crippen molar-refractivity contribution < 1.29 is 0 Å². The zero-order chi connectivity index (χ0) is 9.14. The van der Waals surface area contributed by atoms with E-state index < -0.39 is 0 Å². The van der Waals surface area contributed by atoms with Crippen LogP contribution in [-0.2, 0) is 0 Å². The first kappa shape index (κ1) is 9.24. The van der Waals surface area contributed by atoms with E-state index in [-0.39, 0.29) is 6.04 Å². The summed E-state index contributed by atoms with van der Waals surface area (Å²) in [5.74, 6) is 2.56. The number of hydrogen-bond donors (Lipinski definition) is 1. The van der Waals surface area contributed by atoms with Crippen molar-refractivity contribution in [2.75, 3.05) is 0 Å². The summed E-state index contributed by atoms with van der Waals surface area (Å²) in [6.45, 7) is 3.94. The zero-order valence-corrected chi connectivity index (χ0v) is 8.11. The van der Waals surface area contributed by atoms with Crippen LogP contribution in [0.1, 0.15) is 28.0 Å². The lowest BCUT2D eigenvalue weighted by molar-refractivity contribution is 0.761. The molecule has 1 aromatic rings. The van der Waals surface area contributed by atoms with E-state index >= 15 is 0 Å². The summed E-state index contributed by atoms with van der Waals surface area (Å²) in [4.78, 5) is 5.40. The lowest BCUT2D eigenvalue weighted by Crippen LogP contribution is -2.08. The van der Waals surface area contributed by atoms with E-state index in [0.717, 1.165) is 15.6 Å². The minimum absolute atomic E-state index is 0.0406. The normalized spacial score (nSPS) is 12.5. The Morgan fingerprint density at radius 1 is 1.67 bits per heavy atom. The fourth-order valence-corrected chi connectivity index (χ4v) is 2.04. The van der Waals surface area contributed by atoms with Crippen molar-refractivity contribution in [1.29, 1.82) is 0 Å². The van der Waals surface area contributed by atoms with E-state index in [1.165, 1.54) is 0 Å². The fourth-order valence-electron chi connectivity index (χ4n) is 1.11. The van der Waals surface area contributed by atoms with E-state index in [0.29, 0.717) is 6.42 Å². The Bertz CT molecular complexity index is 309. The number of nitrogens with zero attached hydrogens (tertiary/aromatic N) is 1. The van der Waals surface area contributed by atoms with Crippen LogP contribution in [0.25, 0.3) is 0 Å². The lowest BCUT2D eigenvalue weighted by atomic mass is 10.2. The molecule has 1 atom stereocenters. The van der Waals surface area contributed by atoms with Crippen LogP contribution in [-0.4, -0.2) is 4.98 Å². The second-order valence-corrected chi connectivity index (χ2v) is 3.93. The molecule has 2 nitrogen and oxygen atoms in total. The van der Waals surface area contributed by atoms with E-state index in [2.05, 4.69) is 10.9 Å². The highest BCUT2D eigenvalue weighted by molar-refractivity contribution is 7.11. The smallest absolute Gasteiger partial charge is 0.0900 e. The van der Waals surface area contributed by atoms with Gasteiger partial charge >= 0.3 is 0 Å². The third kappa shape index (κ3) is 1.84. The predicted molar refractivity (Wildman–Crippen MR) is 52.0 cm³/mol. The summed E-state index contributed by atoms with van der Waals surface area (Å²) in [7, 11) is 0. The summed E-state index contributed by atoms with van der Waals surface area (Å²) in [5.41, 5.74) is 6.86. The Balaban J connectivity index is 2.88. The van der Waals surface area contributed by atoms with E-state index in [4.69, 9.17) is 12.2 Å². The minimum Gasteiger partial charge on any atom is -0.322 e. The molecule has 2 N–H and O–H groups in total. The molecule has 0 radical (unpaired) electrons. The van der Waals surface area contributed by atoms with Gasteiger partial charge in [-0.1, -0.05) is 0 Å². The third-order valence-electron chi connectivity index (χ3n) is 1.61. The van der Waals surface area contributed by atoms with Crippen molar-refractivity contribution in [3.63, 3.8) is 0 Å². The summed E-state index contributed by atoms with van der Waals surface area (Å²) < 4.78 is 0. The van der Waals surface area contributed by atoms with Crippen LogP contribution in [0, 0.1) is 26.2 Å². The van der Waals surface area contributed by atoms with Crippen molar-refractivity contribution in [3.05, 3.63) is 15.6 Å². The van der Waals surface area contributed by atoms with Gasteiger partial charge in [-0.15, -0.1) is 23.7 Å². The van der Waals surface area contributed by atoms with E-state index in [9.17, 15) is 0 Å². The van der Waals surface area contributed by atoms with Crippen molar-refractivity contribution in [3.8, 4) is 12.3 Å². The number of hydrogen-bond acceptors (Lipinski definition) is 3.